The van der Waals surface area contributed by atoms with E-state index in [9.17, 15) is 0 Å². The summed E-state index contributed by atoms with van der Waals surface area (Å²) in [5.74, 6) is 5.98. The Balaban J connectivity index is 2.37. The number of benzene rings is 1. The number of nitrogens with one attached hydrogen (secondary N) is 2. The Morgan fingerprint density at radius 3 is 2.21 bits per heavy atom. The van der Waals surface area contributed by atoms with Crippen LogP contribution in [0.1, 0.15) is 0 Å². The lowest BCUT2D eigenvalue weighted by Crippen LogP contribution is -2.10. The highest BCUT2D eigenvalue weighted by molar-refractivity contribution is 6.38. The lowest BCUT2D eigenvalue weighted by Gasteiger charge is -2.11. The zero-order chi connectivity index (χ0) is 14.0. The predicted octanol–water partition coefficient (Wildman–Crippen LogP) is 4.72. The van der Waals surface area contributed by atoms with Crippen molar-refractivity contribution in [2.45, 2.75) is 0 Å². The molecule has 4 nitrogen and oxygen atoms in total. The average Bonchev–Trinajstić information content (AvgIpc) is 2.35. The Bertz CT molecular complexity index is 618. The highest BCUT2D eigenvalue weighted by Crippen LogP contribution is 2.33. The molecule has 0 radical (unpaired) electrons. The van der Waals surface area contributed by atoms with Gasteiger partial charge in [0.1, 0.15) is 0 Å². The molecule has 8 heteroatoms. The van der Waals surface area contributed by atoms with Crippen molar-refractivity contribution in [1.82, 2.24) is 4.98 Å². The van der Waals surface area contributed by atoms with E-state index in [0.29, 0.717) is 37.4 Å². The molecule has 0 fully saturated rings. The summed E-state index contributed by atoms with van der Waals surface area (Å²) < 4.78 is 0. The van der Waals surface area contributed by atoms with Crippen molar-refractivity contribution in [2.75, 3.05) is 10.7 Å². The second-order valence-corrected chi connectivity index (χ2v) is 5.20. The van der Waals surface area contributed by atoms with Gasteiger partial charge in [0.2, 0.25) is 0 Å². The monoisotopic (exact) mass is 336 g/mol. The van der Waals surface area contributed by atoms with Gasteiger partial charge < -0.3 is 10.7 Å². The van der Waals surface area contributed by atoms with Crippen LogP contribution in [0.4, 0.5) is 17.3 Å². The second kappa shape index (κ2) is 6.03. The maximum Gasteiger partial charge on any atom is 0.161 e. The molecule has 0 bridgehead atoms. The maximum absolute atomic E-state index is 6.05. The molecule has 0 spiro atoms. The molecule has 0 saturated heterocycles. The standard InChI is InChI=1S/C11H8Cl4N4/c12-5-1-2-9(6(13)3-5)17-10-7(14)4-8(15)11(18-10)19-16/h1-4H,16H2,(H2,17,18,19). The molecule has 0 amide bonds. The van der Waals surface area contributed by atoms with Crippen LogP contribution in [0.2, 0.25) is 20.1 Å². The Kier molecular flexibility index (Phi) is 4.60. The smallest absolute Gasteiger partial charge is 0.161 e. The van der Waals surface area contributed by atoms with Gasteiger partial charge >= 0.3 is 0 Å². The number of nitrogens with two attached hydrogens (primary N) is 1. The maximum atomic E-state index is 6.05. The fraction of sp³-hybridized carbons (Fsp3) is 0. The molecule has 1 aromatic heterocycles. The van der Waals surface area contributed by atoms with Crippen LogP contribution >= 0.6 is 46.4 Å². The van der Waals surface area contributed by atoms with Crippen LogP contribution < -0.4 is 16.6 Å². The fourth-order valence-electron chi connectivity index (χ4n) is 1.37. The molecule has 2 rings (SSSR count). The van der Waals surface area contributed by atoms with E-state index in [0.717, 1.165) is 0 Å². The minimum atomic E-state index is 0.304. The summed E-state index contributed by atoms with van der Waals surface area (Å²) >= 11 is 23.8. The second-order valence-electron chi connectivity index (χ2n) is 3.54. The van der Waals surface area contributed by atoms with Gasteiger partial charge in [-0.1, -0.05) is 46.4 Å². The van der Waals surface area contributed by atoms with Crippen molar-refractivity contribution < 1.29 is 0 Å². The van der Waals surface area contributed by atoms with E-state index >= 15 is 0 Å². The molecule has 0 aliphatic heterocycles. The van der Waals surface area contributed by atoms with Crippen LogP contribution in [0.25, 0.3) is 0 Å². The van der Waals surface area contributed by atoms with E-state index in [1.54, 1.807) is 18.2 Å². The van der Waals surface area contributed by atoms with Crippen LogP contribution in [0.5, 0.6) is 0 Å². The van der Waals surface area contributed by atoms with Gasteiger partial charge in [-0.05, 0) is 24.3 Å². The third-order valence-corrected chi connectivity index (χ3v) is 3.37. The molecule has 100 valence electrons. The third-order valence-electron chi connectivity index (χ3n) is 2.25. The van der Waals surface area contributed by atoms with Gasteiger partial charge in [-0.15, -0.1) is 0 Å². The number of pyridine rings is 1. The van der Waals surface area contributed by atoms with Gasteiger partial charge in [-0.25, -0.2) is 10.8 Å². The molecule has 1 heterocycles. The number of halogens is 4. The molecule has 19 heavy (non-hydrogen) atoms. The molecule has 0 unspecified atom stereocenters. The van der Waals surface area contributed by atoms with E-state index in [1.807, 2.05) is 0 Å². The molecule has 0 saturated carbocycles. The SMILES string of the molecule is NNc1nc(Nc2ccc(Cl)cc2Cl)c(Cl)cc1Cl. The molecular weight excluding hydrogens is 330 g/mol. The van der Waals surface area contributed by atoms with Crippen molar-refractivity contribution in [1.29, 1.82) is 0 Å². The summed E-state index contributed by atoms with van der Waals surface area (Å²) in [6.07, 6.45) is 0. The van der Waals surface area contributed by atoms with Crippen molar-refractivity contribution >= 4 is 63.7 Å². The summed E-state index contributed by atoms with van der Waals surface area (Å²) in [4.78, 5) is 4.15. The van der Waals surface area contributed by atoms with Gasteiger partial charge in [0.15, 0.2) is 11.6 Å². The van der Waals surface area contributed by atoms with Gasteiger partial charge in [-0.2, -0.15) is 0 Å². The quantitative estimate of drug-likeness (QED) is 0.560. The van der Waals surface area contributed by atoms with Crippen molar-refractivity contribution in [3.63, 3.8) is 0 Å². The zero-order valence-electron chi connectivity index (χ0n) is 9.35. The zero-order valence-corrected chi connectivity index (χ0v) is 12.4. The number of nitrogen functional groups attached to an aromatic ring is 1. The summed E-state index contributed by atoms with van der Waals surface area (Å²) in [5.41, 5.74) is 2.99. The predicted molar refractivity (Wildman–Crippen MR) is 81.8 cm³/mol. The minimum absolute atomic E-state index is 0.304. The molecule has 2 aromatic rings. The third kappa shape index (κ3) is 3.35. The first-order chi connectivity index (χ1) is 9.01. The topological polar surface area (TPSA) is 63.0 Å². The Morgan fingerprint density at radius 1 is 0.895 bits per heavy atom. The van der Waals surface area contributed by atoms with Crippen LogP contribution in [0.15, 0.2) is 24.3 Å². The number of hydrogen-bond acceptors (Lipinski definition) is 4. The van der Waals surface area contributed by atoms with E-state index < -0.39 is 0 Å². The normalized spacial score (nSPS) is 10.4. The first-order valence-corrected chi connectivity index (χ1v) is 6.57. The molecule has 4 N–H and O–H groups in total. The van der Waals surface area contributed by atoms with Crippen molar-refractivity contribution in [2.24, 2.45) is 5.84 Å². The van der Waals surface area contributed by atoms with Crippen LogP contribution in [0.3, 0.4) is 0 Å². The van der Waals surface area contributed by atoms with E-state index in [4.69, 9.17) is 52.2 Å². The summed E-state index contributed by atoms with van der Waals surface area (Å²) in [5, 5.41) is 4.63. The average molecular weight is 338 g/mol. The summed E-state index contributed by atoms with van der Waals surface area (Å²) in [7, 11) is 0. The number of anilines is 3. The van der Waals surface area contributed by atoms with Crippen LogP contribution in [0, 0.1) is 0 Å². The highest BCUT2D eigenvalue weighted by atomic mass is 35.5. The summed E-state index contributed by atoms with van der Waals surface area (Å²) in [6, 6.07) is 6.54. The number of rotatable bonds is 3. The van der Waals surface area contributed by atoms with Crippen molar-refractivity contribution in [3.8, 4) is 0 Å². The Morgan fingerprint density at radius 2 is 1.58 bits per heavy atom. The molecule has 0 aliphatic rings. The highest BCUT2D eigenvalue weighted by Gasteiger charge is 2.10. The lowest BCUT2D eigenvalue weighted by molar-refractivity contribution is 1.22. The minimum Gasteiger partial charge on any atom is -0.338 e. The van der Waals surface area contributed by atoms with Gasteiger partial charge in [0.05, 0.1) is 20.8 Å². The largest absolute Gasteiger partial charge is 0.338 e. The van der Waals surface area contributed by atoms with Crippen LogP contribution in [-0.4, -0.2) is 4.98 Å². The number of hydrogen-bond donors (Lipinski definition) is 3. The van der Waals surface area contributed by atoms with E-state index in [1.165, 1.54) is 6.07 Å². The number of aromatic nitrogens is 1. The van der Waals surface area contributed by atoms with Crippen molar-refractivity contribution in [3.05, 3.63) is 44.4 Å². The molecular formula is C11H8Cl4N4. The first kappa shape index (κ1) is 14.5. The molecule has 0 aliphatic carbocycles. The first-order valence-electron chi connectivity index (χ1n) is 5.06. The number of hydrazine groups is 1. The number of nitrogens with zero attached hydrogens (tertiary/aromatic N) is 1. The van der Waals surface area contributed by atoms with E-state index in [-0.39, 0.29) is 0 Å². The van der Waals surface area contributed by atoms with Gasteiger partial charge in [-0.3, -0.25) is 0 Å². The van der Waals surface area contributed by atoms with Gasteiger partial charge in [0.25, 0.3) is 0 Å². The lowest BCUT2D eigenvalue weighted by atomic mass is 10.3. The van der Waals surface area contributed by atoms with Crippen LogP contribution in [-0.2, 0) is 0 Å². The van der Waals surface area contributed by atoms with Gasteiger partial charge in [0, 0.05) is 5.02 Å². The molecule has 1 aromatic carbocycles. The fourth-order valence-corrected chi connectivity index (χ4v) is 2.29. The Labute approximate surface area is 129 Å². The molecule has 0 atom stereocenters. The van der Waals surface area contributed by atoms with E-state index in [2.05, 4.69) is 15.7 Å². The summed E-state index contributed by atoms with van der Waals surface area (Å²) in [6.45, 7) is 0. The Hall–Kier alpha value is -0.910.